The number of aromatic nitrogens is 3. The highest BCUT2D eigenvalue weighted by Crippen LogP contribution is 2.32. The Kier molecular flexibility index (Phi) is 5.43. The van der Waals surface area contributed by atoms with Crippen molar-refractivity contribution >= 4 is 26.7 Å². The second kappa shape index (κ2) is 8.08. The number of halogens is 3. The van der Waals surface area contributed by atoms with Gasteiger partial charge in [-0.3, -0.25) is 4.72 Å². The number of nitrogens with zero attached hydrogens (tertiary/aromatic N) is 3. The molecule has 0 amide bonds. The summed E-state index contributed by atoms with van der Waals surface area (Å²) in [5.41, 5.74) is 0.472. The first-order valence-electron chi connectivity index (χ1n) is 9.14. The average molecular weight is 460 g/mol. The second-order valence-corrected chi connectivity index (χ2v) is 8.57. The molecule has 0 spiro atoms. The normalized spacial score (nSPS) is 12.0. The van der Waals surface area contributed by atoms with Crippen molar-refractivity contribution in [1.82, 2.24) is 15.0 Å². The van der Waals surface area contributed by atoms with Gasteiger partial charge < -0.3 is 4.74 Å². The van der Waals surface area contributed by atoms with Crippen LogP contribution in [-0.2, 0) is 16.2 Å². The third kappa shape index (κ3) is 4.94. The molecule has 0 atom stereocenters. The van der Waals surface area contributed by atoms with Crippen LogP contribution in [0.2, 0.25) is 0 Å². The smallest absolute Gasteiger partial charge is 0.416 e. The zero-order valence-electron chi connectivity index (χ0n) is 16.5. The van der Waals surface area contributed by atoms with Crippen molar-refractivity contribution < 1.29 is 26.3 Å². The summed E-state index contributed by atoms with van der Waals surface area (Å²) in [6.45, 7) is 0. The molecule has 4 rings (SSSR count). The quantitative estimate of drug-likeness (QED) is 0.457. The molecule has 0 radical (unpaired) electrons. The summed E-state index contributed by atoms with van der Waals surface area (Å²) in [6, 6.07) is 14.4. The Hall–Kier alpha value is -3.73. The monoisotopic (exact) mass is 460 g/mol. The molecule has 0 saturated carbocycles. The van der Waals surface area contributed by atoms with Crippen LogP contribution in [0.4, 0.5) is 19.0 Å². The van der Waals surface area contributed by atoms with Crippen LogP contribution >= 0.6 is 0 Å². The van der Waals surface area contributed by atoms with Gasteiger partial charge >= 0.3 is 6.18 Å². The predicted molar refractivity (Wildman–Crippen MR) is 113 cm³/mol. The van der Waals surface area contributed by atoms with Crippen molar-refractivity contribution in [3.05, 3.63) is 72.6 Å². The Morgan fingerprint density at radius 2 is 1.72 bits per heavy atom. The van der Waals surface area contributed by atoms with Crippen LogP contribution in [0.5, 0.6) is 11.6 Å². The Morgan fingerprint density at radius 1 is 0.969 bits per heavy atom. The molecule has 4 aromatic rings. The molecular weight excluding hydrogens is 445 g/mol. The summed E-state index contributed by atoms with van der Waals surface area (Å²) >= 11 is 0. The highest BCUT2D eigenvalue weighted by Gasteiger charge is 2.30. The minimum absolute atomic E-state index is 0.129. The lowest BCUT2D eigenvalue weighted by molar-refractivity contribution is -0.137. The first-order valence-corrected chi connectivity index (χ1v) is 11.0. The number of fused-ring (bicyclic) bond motifs is 1. The number of hydrogen-bond acceptors (Lipinski definition) is 6. The maximum Gasteiger partial charge on any atom is 0.416 e. The average Bonchev–Trinajstić information content (AvgIpc) is 2.73. The van der Waals surface area contributed by atoms with Crippen LogP contribution in [0.3, 0.4) is 0 Å². The molecule has 0 bridgehead atoms. The van der Waals surface area contributed by atoms with Crippen molar-refractivity contribution in [2.24, 2.45) is 0 Å². The lowest BCUT2D eigenvalue weighted by Crippen LogP contribution is -2.10. The Balaban J connectivity index is 1.65. The number of hydrogen-bond donors (Lipinski definition) is 1. The summed E-state index contributed by atoms with van der Waals surface area (Å²) in [7, 11) is -3.51. The van der Waals surface area contributed by atoms with Gasteiger partial charge in [-0.1, -0.05) is 24.3 Å². The van der Waals surface area contributed by atoms with E-state index >= 15 is 0 Å². The van der Waals surface area contributed by atoms with E-state index in [0.29, 0.717) is 27.9 Å². The zero-order chi connectivity index (χ0) is 22.9. The minimum Gasteiger partial charge on any atom is -0.437 e. The van der Waals surface area contributed by atoms with Crippen molar-refractivity contribution in [1.29, 1.82) is 0 Å². The van der Waals surface area contributed by atoms with E-state index in [0.717, 1.165) is 18.4 Å². The van der Waals surface area contributed by atoms with Crippen LogP contribution in [0.25, 0.3) is 22.2 Å². The molecule has 1 N–H and O–H groups in total. The fraction of sp³-hybridized carbons (Fsp3) is 0.0952. The van der Waals surface area contributed by atoms with Crippen molar-refractivity contribution in [3.63, 3.8) is 0 Å². The van der Waals surface area contributed by atoms with Gasteiger partial charge in [-0.15, -0.1) is 0 Å². The number of sulfonamides is 1. The number of benzene rings is 2. The van der Waals surface area contributed by atoms with Gasteiger partial charge in [0.05, 0.1) is 17.5 Å². The van der Waals surface area contributed by atoms with Crippen LogP contribution in [0.15, 0.2) is 67.0 Å². The second-order valence-electron chi connectivity index (χ2n) is 6.82. The standard InChI is InChI=1S/C21H15F3N4O3S/c1-32(29,30)28-18-10-7-14-3-2-4-17(20(14)27-18)31-19-11-16(25-12-26-19)13-5-8-15(9-6-13)21(22,23)24/h2-12H,1H3,(H,27,28). The minimum atomic E-state index is -4.43. The maximum absolute atomic E-state index is 12.8. The number of alkyl halides is 3. The molecule has 164 valence electrons. The van der Waals surface area contributed by atoms with Crippen LogP contribution in [-0.4, -0.2) is 29.6 Å². The van der Waals surface area contributed by atoms with E-state index in [2.05, 4.69) is 19.7 Å². The zero-order valence-corrected chi connectivity index (χ0v) is 17.3. The van der Waals surface area contributed by atoms with Gasteiger partial charge in [0.2, 0.25) is 15.9 Å². The van der Waals surface area contributed by atoms with Gasteiger partial charge in [-0.25, -0.2) is 23.4 Å². The fourth-order valence-electron chi connectivity index (χ4n) is 2.94. The fourth-order valence-corrected chi connectivity index (χ4v) is 3.44. The van der Waals surface area contributed by atoms with E-state index in [4.69, 9.17) is 4.74 Å². The molecular formula is C21H15F3N4O3S. The Morgan fingerprint density at radius 3 is 2.41 bits per heavy atom. The molecule has 0 aliphatic carbocycles. The van der Waals surface area contributed by atoms with Gasteiger partial charge in [-0.05, 0) is 30.3 Å². The summed E-state index contributed by atoms with van der Waals surface area (Å²) in [5, 5.41) is 0.707. The van der Waals surface area contributed by atoms with E-state index < -0.39 is 21.8 Å². The first kappa shape index (κ1) is 21.5. The van der Waals surface area contributed by atoms with E-state index in [1.807, 2.05) is 0 Å². The molecule has 0 saturated heterocycles. The van der Waals surface area contributed by atoms with Crippen molar-refractivity contribution in [2.45, 2.75) is 6.18 Å². The molecule has 0 fully saturated rings. The summed E-state index contributed by atoms with van der Waals surface area (Å²) in [6.07, 6.45) is -2.17. The van der Waals surface area contributed by atoms with Gasteiger partial charge in [0.25, 0.3) is 0 Å². The highest BCUT2D eigenvalue weighted by atomic mass is 32.2. The summed E-state index contributed by atoms with van der Waals surface area (Å²) in [4.78, 5) is 12.5. The van der Waals surface area contributed by atoms with Crippen LogP contribution in [0.1, 0.15) is 5.56 Å². The number of para-hydroxylation sites is 1. The molecule has 11 heteroatoms. The van der Waals surface area contributed by atoms with E-state index in [9.17, 15) is 21.6 Å². The first-order chi connectivity index (χ1) is 15.1. The SMILES string of the molecule is CS(=O)(=O)Nc1ccc2cccc(Oc3cc(-c4ccc(C(F)(F)F)cc4)ncn3)c2n1. The van der Waals surface area contributed by atoms with E-state index in [1.165, 1.54) is 30.6 Å². The summed E-state index contributed by atoms with van der Waals surface area (Å²) < 4.78 is 69.5. The molecule has 0 aliphatic heterocycles. The molecule has 0 unspecified atom stereocenters. The van der Waals surface area contributed by atoms with Gasteiger partial charge in [0.15, 0.2) is 5.75 Å². The molecule has 2 aromatic carbocycles. The Bertz CT molecular complexity index is 1390. The molecule has 7 nitrogen and oxygen atoms in total. The molecule has 2 heterocycles. The van der Waals surface area contributed by atoms with Gasteiger partial charge in [-0.2, -0.15) is 13.2 Å². The number of ether oxygens (including phenoxy) is 1. The number of rotatable bonds is 5. The predicted octanol–water partition coefficient (Wildman–Crippen LogP) is 4.87. The van der Waals surface area contributed by atoms with E-state index in [-0.39, 0.29) is 11.7 Å². The number of anilines is 1. The maximum atomic E-state index is 12.8. The molecule has 2 aromatic heterocycles. The Labute approximate surface area is 181 Å². The lowest BCUT2D eigenvalue weighted by Gasteiger charge is -2.10. The van der Waals surface area contributed by atoms with Crippen molar-refractivity contribution in [2.75, 3.05) is 11.0 Å². The van der Waals surface area contributed by atoms with Gasteiger partial charge in [0.1, 0.15) is 17.7 Å². The summed E-state index contributed by atoms with van der Waals surface area (Å²) in [5.74, 6) is 0.589. The van der Waals surface area contributed by atoms with Crippen LogP contribution in [0, 0.1) is 0 Å². The molecule has 0 aliphatic rings. The number of pyridine rings is 1. The lowest BCUT2D eigenvalue weighted by atomic mass is 10.1. The topological polar surface area (TPSA) is 94.1 Å². The molecule has 32 heavy (non-hydrogen) atoms. The third-order valence-electron chi connectivity index (χ3n) is 4.34. The van der Waals surface area contributed by atoms with Gasteiger partial charge in [0, 0.05) is 17.0 Å². The van der Waals surface area contributed by atoms with Crippen LogP contribution < -0.4 is 9.46 Å². The third-order valence-corrected chi connectivity index (χ3v) is 4.92. The van der Waals surface area contributed by atoms with E-state index in [1.54, 1.807) is 24.3 Å². The largest absolute Gasteiger partial charge is 0.437 e. The number of nitrogens with one attached hydrogen (secondary N) is 1. The van der Waals surface area contributed by atoms with Crippen molar-refractivity contribution in [3.8, 4) is 22.9 Å². The highest BCUT2D eigenvalue weighted by molar-refractivity contribution is 7.92.